The molecule has 0 aliphatic carbocycles. The van der Waals surface area contributed by atoms with Crippen molar-refractivity contribution in [3.63, 3.8) is 0 Å². The lowest BCUT2D eigenvalue weighted by Crippen LogP contribution is -2.38. The molecule has 0 saturated carbocycles. The van der Waals surface area contributed by atoms with Gasteiger partial charge in [-0.3, -0.25) is 0 Å². The van der Waals surface area contributed by atoms with Crippen LogP contribution in [0.2, 0.25) is 0 Å². The minimum absolute atomic E-state index is 0.118. The van der Waals surface area contributed by atoms with Gasteiger partial charge in [0, 0.05) is 6.04 Å². The average Bonchev–Trinajstić information content (AvgIpc) is 2.22. The molecule has 0 aromatic heterocycles. The highest BCUT2D eigenvalue weighted by molar-refractivity contribution is 5.46. The zero-order valence-electron chi connectivity index (χ0n) is 9.60. The first-order valence-corrected chi connectivity index (χ1v) is 5.39. The minimum atomic E-state index is -0.118. The maximum Gasteiger partial charge on any atom is 0.145 e. The fourth-order valence-corrected chi connectivity index (χ4v) is 1.72. The Balaban J connectivity index is 2.26. The molecule has 1 unspecified atom stereocenters. The van der Waals surface area contributed by atoms with Gasteiger partial charge in [0.2, 0.25) is 0 Å². The van der Waals surface area contributed by atoms with Gasteiger partial charge in [-0.1, -0.05) is 6.07 Å². The van der Waals surface area contributed by atoms with E-state index < -0.39 is 0 Å². The second kappa shape index (κ2) is 4.72. The van der Waals surface area contributed by atoms with E-state index in [0.717, 1.165) is 17.1 Å². The van der Waals surface area contributed by atoms with Crippen LogP contribution in [0.1, 0.15) is 18.5 Å². The predicted octanol–water partition coefficient (Wildman–Crippen LogP) is 1.49. The molecule has 1 aromatic rings. The molecule has 1 atom stereocenters. The molecule has 1 aliphatic heterocycles. The topological polar surface area (TPSA) is 53.7 Å². The molecule has 16 heavy (non-hydrogen) atoms. The Labute approximate surface area is 95.3 Å². The molecular weight excluding hydrogens is 206 g/mol. The zero-order valence-corrected chi connectivity index (χ0v) is 9.60. The lowest BCUT2D eigenvalue weighted by molar-refractivity contribution is -0.0801. The summed E-state index contributed by atoms with van der Waals surface area (Å²) in [5, 5.41) is 0. The van der Waals surface area contributed by atoms with Crippen molar-refractivity contribution in [1.29, 1.82) is 0 Å². The molecule has 4 heteroatoms. The number of rotatable bonds is 4. The van der Waals surface area contributed by atoms with Crippen LogP contribution in [0.4, 0.5) is 0 Å². The van der Waals surface area contributed by atoms with Gasteiger partial charge in [-0.15, -0.1) is 0 Å². The normalized spacial score (nSPS) is 17.7. The van der Waals surface area contributed by atoms with Crippen molar-refractivity contribution < 1.29 is 14.2 Å². The highest BCUT2D eigenvalue weighted by Crippen LogP contribution is 2.33. The van der Waals surface area contributed by atoms with Crippen LogP contribution in [-0.2, 0) is 4.74 Å². The van der Waals surface area contributed by atoms with Crippen molar-refractivity contribution in [3.05, 3.63) is 23.8 Å². The van der Waals surface area contributed by atoms with Crippen LogP contribution in [0.5, 0.6) is 11.5 Å². The smallest absolute Gasteiger partial charge is 0.145 e. The number of methoxy groups -OCH3 is 1. The molecule has 0 amide bonds. The van der Waals surface area contributed by atoms with Crippen LogP contribution < -0.4 is 15.2 Å². The van der Waals surface area contributed by atoms with Crippen LogP contribution in [-0.4, -0.2) is 26.4 Å². The van der Waals surface area contributed by atoms with Gasteiger partial charge < -0.3 is 19.9 Å². The molecule has 88 valence electrons. The minimum Gasteiger partial charge on any atom is -0.496 e. The molecule has 2 N–H and O–H groups in total. The predicted molar refractivity (Wildman–Crippen MR) is 60.8 cm³/mol. The van der Waals surface area contributed by atoms with Gasteiger partial charge >= 0.3 is 0 Å². The van der Waals surface area contributed by atoms with Crippen LogP contribution >= 0.6 is 0 Å². The van der Waals surface area contributed by atoms with Crippen LogP contribution in [0, 0.1) is 0 Å². The third-order valence-corrected chi connectivity index (χ3v) is 2.60. The summed E-state index contributed by atoms with van der Waals surface area (Å²) in [6.45, 7) is 3.22. The Morgan fingerprint density at radius 3 is 2.56 bits per heavy atom. The summed E-state index contributed by atoms with van der Waals surface area (Å²) >= 11 is 0. The van der Waals surface area contributed by atoms with Crippen LogP contribution in [0.3, 0.4) is 0 Å². The molecule has 1 fully saturated rings. The monoisotopic (exact) mass is 223 g/mol. The van der Waals surface area contributed by atoms with E-state index >= 15 is 0 Å². The standard InChI is InChI=1S/C12H17NO3/c1-8(13)12-10(14-2)4-3-5-11(12)16-9-6-15-7-9/h3-5,8-9H,6-7,13H2,1-2H3. The average molecular weight is 223 g/mol. The summed E-state index contributed by atoms with van der Waals surface area (Å²) in [6, 6.07) is 5.59. The van der Waals surface area contributed by atoms with E-state index in [0.29, 0.717) is 13.2 Å². The quantitative estimate of drug-likeness (QED) is 0.840. The summed E-state index contributed by atoms with van der Waals surface area (Å²) in [6.07, 6.45) is 0.143. The zero-order chi connectivity index (χ0) is 11.5. The van der Waals surface area contributed by atoms with E-state index in [1.807, 2.05) is 25.1 Å². The molecule has 2 rings (SSSR count). The van der Waals surface area contributed by atoms with Gasteiger partial charge in [0.1, 0.15) is 17.6 Å². The molecule has 0 spiro atoms. The molecule has 1 aromatic carbocycles. The van der Waals surface area contributed by atoms with E-state index in [4.69, 9.17) is 19.9 Å². The van der Waals surface area contributed by atoms with E-state index in [1.165, 1.54) is 0 Å². The third-order valence-electron chi connectivity index (χ3n) is 2.60. The number of benzene rings is 1. The first-order valence-electron chi connectivity index (χ1n) is 5.39. The number of nitrogens with two attached hydrogens (primary N) is 1. The third kappa shape index (κ3) is 2.13. The number of hydrogen-bond donors (Lipinski definition) is 1. The van der Waals surface area contributed by atoms with Gasteiger partial charge in [-0.2, -0.15) is 0 Å². The molecule has 0 bridgehead atoms. The molecular formula is C12H17NO3. The fraction of sp³-hybridized carbons (Fsp3) is 0.500. The Morgan fingerprint density at radius 2 is 2.06 bits per heavy atom. The fourth-order valence-electron chi connectivity index (χ4n) is 1.72. The highest BCUT2D eigenvalue weighted by atomic mass is 16.6. The first kappa shape index (κ1) is 11.2. The summed E-state index contributed by atoms with van der Waals surface area (Å²) in [4.78, 5) is 0. The highest BCUT2D eigenvalue weighted by Gasteiger charge is 2.23. The molecule has 1 aliphatic rings. The maximum absolute atomic E-state index is 5.93. The van der Waals surface area contributed by atoms with Crippen molar-refractivity contribution in [2.75, 3.05) is 20.3 Å². The van der Waals surface area contributed by atoms with Crippen molar-refractivity contribution in [2.24, 2.45) is 5.73 Å². The van der Waals surface area contributed by atoms with Gasteiger partial charge in [-0.05, 0) is 19.1 Å². The first-order chi connectivity index (χ1) is 7.72. The SMILES string of the molecule is COc1cccc(OC2COC2)c1C(C)N. The van der Waals surface area contributed by atoms with E-state index in [9.17, 15) is 0 Å². The summed E-state index contributed by atoms with van der Waals surface area (Å²) in [5.74, 6) is 1.57. The maximum atomic E-state index is 5.93. The second-order valence-electron chi connectivity index (χ2n) is 3.94. The van der Waals surface area contributed by atoms with E-state index in [2.05, 4.69) is 0 Å². The van der Waals surface area contributed by atoms with E-state index in [1.54, 1.807) is 7.11 Å². The lowest BCUT2D eigenvalue weighted by atomic mass is 10.1. The van der Waals surface area contributed by atoms with Gasteiger partial charge in [0.05, 0.1) is 25.9 Å². The Hall–Kier alpha value is -1.26. The van der Waals surface area contributed by atoms with Crippen LogP contribution in [0.25, 0.3) is 0 Å². The largest absolute Gasteiger partial charge is 0.496 e. The summed E-state index contributed by atoms with van der Waals surface area (Å²) < 4.78 is 16.2. The van der Waals surface area contributed by atoms with Gasteiger partial charge in [0.25, 0.3) is 0 Å². The molecule has 4 nitrogen and oxygen atoms in total. The summed E-state index contributed by atoms with van der Waals surface area (Å²) in [5.41, 5.74) is 6.85. The Bertz CT molecular complexity index is 361. The van der Waals surface area contributed by atoms with Crippen molar-refractivity contribution in [2.45, 2.75) is 19.1 Å². The van der Waals surface area contributed by atoms with Crippen molar-refractivity contribution in [3.8, 4) is 11.5 Å². The molecule has 1 saturated heterocycles. The van der Waals surface area contributed by atoms with Crippen LogP contribution in [0.15, 0.2) is 18.2 Å². The second-order valence-corrected chi connectivity index (χ2v) is 3.94. The number of ether oxygens (including phenoxy) is 3. The van der Waals surface area contributed by atoms with Gasteiger partial charge in [0.15, 0.2) is 0 Å². The van der Waals surface area contributed by atoms with Crippen molar-refractivity contribution in [1.82, 2.24) is 0 Å². The van der Waals surface area contributed by atoms with Crippen molar-refractivity contribution >= 4 is 0 Å². The molecule has 0 radical (unpaired) electrons. The number of hydrogen-bond acceptors (Lipinski definition) is 4. The lowest BCUT2D eigenvalue weighted by Gasteiger charge is -2.28. The molecule has 1 heterocycles. The van der Waals surface area contributed by atoms with E-state index in [-0.39, 0.29) is 12.1 Å². The Morgan fingerprint density at radius 1 is 1.38 bits per heavy atom. The van der Waals surface area contributed by atoms with Gasteiger partial charge in [-0.25, -0.2) is 0 Å². The Kier molecular flexibility index (Phi) is 3.31. The summed E-state index contributed by atoms with van der Waals surface area (Å²) in [7, 11) is 1.64.